The number of carbonyl (C=O) groups excluding carboxylic acids is 1. The lowest BCUT2D eigenvalue weighted by Gasteiger charge is -2.28. The lowest BCUT2D eigenvalue weighted by molar-refractivity contribution is -0.116. The van der Waals surface area contributed by atoms with Crippen LogP contribution in [0.15, 0.2) is 91.1 Å². The first-order valence-electron chi connectivity index (χ1n) is 14.3. The Morgan fingerprint density at radius 1 is 0.952 bits per heavy atom. The Hall–Kier alpha value is -4.49. The molecular formula is C35H35N5OS. The molecule has 0 unspecified atom stereocenters. The number of nitrogens with zero attached hydrogens (tertiary/aromatic N) is 3. The molecule has 212 valence electrons. The fourth-order valence-electron chi connectivity index (χ4n) is 6.17. The van der Waals surface area contributed by atoms with E-state index in [0.29, 0.717) is 18.1 Å². The molecule has 3 aromatic carbocycles. The van der Waals surface area contributed by atoms with E-state index in [9.17, 15) is 4.79 Å². The van der Waals surface area contributed by atoms with Crippen molar-refractivity contribution in [2.75, 3.05) is 11.9 Å². The molecule has 2 atom stereocenters. The number of fused-ring (bicyclic) bond motifs is 1. The fraction of sp³-hybridized carbons (Fsp3) is 0.229. The second-order valence-electron chi connectivity index (χ2n) is 11.1. The van der Waals surface area contributed by atoms with Crippen LogP contribution >= 0.6 is 12.2 Å². The molecule has 1 aliphatic rings. The van der Waals surface area contributed by atoms with Gasteiger partial charge in [-0.2, -0.15) is 0 Å². The Kier molecular flexibility index (Phi) is 7.52. The van der Waals surface area contributed by atoms with Crippen LogP contribution in [0.25, 0.3) is 16.5 Å². The van der Waals surface area contributed by atoms with Crippen molar-refractivity contribution < 1.29 is 4.79 Å². The monoisotopic (exact) mass is 573 g/mol. The van der Waals surface area contributed by atoms with Crippen LogP contribution in [0.1, 0.15) is 52.3 Å². The number of rotatable bonds is 7. The van der Waals surface area contributed by atoms with Crippen molar-refractivity contribution >= 4 is 39.7 Å². The minimum absolute atomic E-state index is 0.0463. The maximum atomic E-state index is 13.3. The highest BCUT2D eigenvalue weighted by Gasteiger charge is 2.41. The third-order valence-electron chi connectivity index (χ3n) is 8.24. The zero-order valence-electron chi connectivity index (χ0n) is 24.4. The minimum Gasteiger partial charge on any atom is -0.352 e. The SMILES string of the molecule is Cc1ccc(C)c(-n2c(C)cc([C@H]3[C@@H](c4ccccn4)NC(=S)N3CCC(=O)Nc3cccc4ccccc34)c2C)c1. The van der Waals surface area contributed by atoms with Crippen molar-refractivity contribution in [1.29, 1.82) is 0 Å². The van der Waals surface area contributed by atoms with Gasteiger partial charge in [-0.3, -0.25) is 9.78 Å². The van der Waals surface area contributed by atoms with E-state index < -0.39 is 0 Å². The van der Waals surface area contributed by atoms with Gasteiger partial charge in [-0.15, -0.1) is 0 Å². The average molecular weight is 574 g/mol. The van der Waals surface area contributed by atoms with E-state index in [1.807, 2.05) is 54.7 Å². The Labute approximate surface area is 252 Å². The van der Waals surface area contributed by atoms with Crippen molar-refractivity contribution in [3.8, 4) is 5.69 Å². The number of hydrogen-bond donors (Lipinski definition) is 2. The predicted molar refractivity (Wildman–Crippen MR) is 174 cm³/mol. The standard InChI is InChI=1S/C35H35N5OS/c1-22-15-16-23(2)31(20-22)40-24(3)21-28(25(40)4)34-33(30-13-7-8-18-36-30)38-35(42)39(34)19-17-32(41)37-29-14-9-11-26-10-5-6-12-27(26)29/h5-16,18,20-21,33-34H,17,19H2,1-4H3,(H,37,41)(H,38,42)/t33-,34+/m1/s1. The summed E-state index contributed by atoms with van der Waals surface area (Å²) in [6.45, 7) is 9.07. The Bertz CT molecular complexity index is 1790. The molecule has 1 fully saturated rings. The average Bonchev–Trinajstić information content (AvgIpc) is 3.47. The Morgan fingerprint density at radius 2 is 1.74 bits per heavy atom. The predicted octanol–water partition coefficient (Wildman–Crippen LogP) is 7.26. The molecule has 6 rings (SSSR count). The molecular weight excluding hydrogens is 538 g/mol. The van der Waals surface area contributed by atoms with Crippen LogP contribution in [0.4, 0.5) is 5.69 Å². The first kappa shape index (κ1) is 27.7. The number of amides is 1. The molecule has 0 bridgehead atoms. The second kappa shape index (κ2) is 11.4. The van der Waals surface area contributed by atoms with E-state index in [-0.39, 0.29) is 18.0 Å². The van der Waals surface area contributed by atoms with E-state index in [1.165, 1.54) is 22.4 Å². The number of anilines is 1. The van der Waals surface area contributed by atoms with Gasteiger partial charge in [-0.25, -0.2) is 0 Å². The Balaban J connectivity index is 1.33. The number of aromatic nitrogens is 2. The van der Waals surface area contributed by atoms with Gasteiger partial charge < -0.3 is 20.1 Å². The van der Waals surface area contributed by atoms with E-state index in [0.717, 1.165) is 33.5 Å². The van der Waals surface area contributed by atoms with E-state index in [2.05, 4.69) is 84.2 Å². The molecule has 0 spiro atoms. The normalized spacial score (nSPS) is 16.6. The summed E-state index contributed by atoms with van der Waals surface area (Å²) in [5, 5.41) is 9.42. The summed E-state index contributed by atoms with van der Waals surface area (Å²) in [5.74, 6) is -0.0463. The first-order chi connectivity index (χ1) is 20.3. The maximum Gasteiger partial charge on any atom is 0.226 e. The fourth-order valence-corrected chi connectivity index (χ4v) is 6.50. The number of aryl methyl sites for hydroxylation is 3. The van der Waals surface area contributed by atoms with E-state index in [1.54, 1.807) is 0 Å². The third kappa shape index (κ3) is 5.16. The van der Waals surface area contributed by atoms with Crippen molar-refractivity contribution in [1.82, 2.24) is 19.8 Å². The molecule has 1 amide bonds. The third-order valence-corrected chi connectivity index (χ3v) is 8.59. The number of carbonyl (C=O) groups is 1. The quantitative estimate of drug-likeness (QED) is 0.201. The number of pyridine rings is 1. The molecule has 5 aromatic rings. The van der Waals surface area contributed by atoms with Crippen LogP contribution in [0.2, 0.25) is 0 Å². The summed E-state index contributed by atoms with van der Waals surface area (Å²) in [7, 11) is 0. The molecule has 2 N–H and O–H groups in total. The summed E-state index contributed by atoms with van der Waals surface area (Å²) in [6, 6.07) is 28.6. The van der Waals surface area contributed by atoms with Gasteiger partial charge >= 0.3 is 0 Å². The molecule has 1 saturated heterocycles. The van der Waals surface area contributed by atoms with Gasteiger partial charge in [0.05, 0.1) is 17.8 Å². The summed E-state index contributed by atoms with van der Waals surface area (Å²) in [6.07, 6.45) is 2.11. The van der Waals surface area contributed by atoms with Gasteiger partial charge in [0, 0.05) is 47.3 Å². The summed E-state index contributed by atoms with van der Waals surface area (Å²) >= 11 is 5.90. The van der Waals surface area contributed by atoms with Crippen LogP contribution in [0, 0.1) is 27.7 Å². The highest BCUT2D eigenvalue weighted by molar-refractivity contribution is 7.80. The molecule has 3 heterocycles. The van der Waals surface area contributed by atoms with Gasteiger partial charge in [0.15, 0.2) is 5.11 Å². The zero-order chi connectivity index (χ0) is 29.4. The van der Waals surface area contributed by atoms with Gasteiger partial charge in [0.25, 0.3) is 0 Å². The second-order valence-corrected chi connectivity index (χ2v) is 11.5. The topological polar surface area (TPSA) is 62.2 Å². The molecule has 0 aliphatic carbocycles. The minimum atomic E-state index is -0.146. The number of benzene rings is 3. The van der Waals surface area contributed by atoms with E-state index >= 15 is 0 Å². The lowest BCUT2D eigenvalue weighted by Crippen LogP contribution is -2.33. The van der Waals surface area contributed by atoms with Gasteiger partial charge in [-0.1, -0.05) is 54.6 Å². The summed E-state index contributed by atoms with van der Waals surface area (Å²) in [4.78, 5) is 20.1. The van der Waals surface area contributed by atoms with Gasteiger partial charge in [-0.05, 0) is 92.3 Å². The molecule has 2 aromatic heterocycles. The number of nitrogens with one attached hydrogen (secondary N) is 2. The molecule has 7 heteroatoms. The highest BCUT2D eigenvalue weighted by Crippen LogP contribution is 2.41. The smallest absolute Gasteiger partial charge is 0.226 e. The highest BCUT2D eigenvalue weighted by atomic mass is 32.1. The van der Waals surface area contributed by atoms with Crippen molar-refractivity contribution in [2.45, 2.75) is 46.2 Å². The lowest BCUT2D eigenvalue weighted by atomic mass is 9.96. The van der Waals surface area contributed by atoms with Crippen LogP contribution in [0.3, 0.4) is 0 Å². The number of thiocarbonyl (C=S) groups is 1. The van der Waals surface area contributed by atoms with Crippen LogP contribution < -0.4 is 10.6 Å². The van der Waals surface area contributed by atoms with Crippen LogP contribution in [0.5, 0.6) is 0 Å². The largest absolute Gasteiger partial charge is 0.352 e. The maximum absolute atomic E-state index is 13.3. The Morgan fingerprint density at radius 3 is 2.55 bits per heavy atom. The van der Waals surface area contributed by atoms with Crippen molar-refractivity contribution in [3.63, 3.8) is 0 Å². The summed E-state index contributed by atoms with van der Waals surface area (Å²) < 4.78 is 2.33. The molecule has 42 heavy (non-hydrogen) atoms. The van der Waals surface area contributed by atoms with Gasteiger partial charge in [0.2, 0.25) is 5.91 Å². The first-order valence-corrected chi connectivity index (χ1v) is 14.7. The molecule has 6 nitrogen and oxygen atoms in total. The molecule has 0 radical (unpaired) electrons. The van der Waals surface area contributed by atoms with Crippen LogP contribution in [-0.4, -0.2) is 32.0 Å². The summed E-state index contributed by atoms with van der Waals surface area (Å²) in [5.41, 5.74) is 8.84. The van der Waals surface area contributed by atoms with Crippen LogP contribution in [-0.2, 0) is 4.79 Å². The molecule has 0 saturated carbocycles. The number of hydrogen-bond acceptors (Lipinski definition) is 3. The van der Waals surface area contributed by atoms with Crippen molar-refractivity contribution in [2.24, 2.45) is 0 Å². The van der Waals surface area contributed by atoms with Gasteiger partial charge in [0.1, 0.15) is 0 Å². The van der Waals surface area contributed by atoms with Crippen molar-refractivity contribution in [3.05, 3.63) is 125 Å². The molecule has 1 aliphatic heterocycles. The zero-order valence-corrected chi connectivity index (χ0v) is 25.2. The van der Waals surface area contributed by atoms with E-state index in [4.69, 9.17) is 17.2 Å².